The van der Waals surface area contributed by atoms with Gasteiger partial charge in [0, 0.05) is 12.5 Å². The van der Waals surface area contributed by atoms with E-state index in [1.165, 1.54) is 0 Å². The van der Waals surface area contributed by atoms with Crippen molar-refractivity contribution in [2.24, 2.45) is 5.92 Å². The van der Waals surface area contributed by atoms with Gasteiger partial charge in [0.1, 0.15) is 0 Å². The molecule has 3 heteroatoms. The molecule has 62 valence electrons. The lowest BCUT2D eigenvalue weighted by Gasteiger charge is -2.29. The summed E-state index contributed by atoms with van der Waals surface area (Å²) in [6.45, 7) is 4.26. The Hall–Kier alpha value is -0.570. The first-order valence-corrected chi connectivity index (χ1v) is 4.17. The van der Waals surface area contributed by atoms with Gasteiger partial charge in [0.05, 0.1) is 19.3 Å². The van der Waals surface area contributed by atoms with Gasteiger partial charge in [-0.25, -0.2) is 0 Å². The molecule has 0 spiro atoms. The molecule has 1 amide bonds. The minimum absolute atomic E-state index is 0.224. The van der Waals surface area contributed by atoms with Gasteiger partial charge in [0.25, 0.3) is 0 Å². The van der Waals surface area contributed by atoms with Crippen LogP contribution in [0.15, 0.2) is 0 Å². The third kappa shape index (κ3) is 1.03. The summed E-state index contributed by atoms with van der Waals surface area (Å²) in [5.74, 6) is 0.542. The summed E-state index contributed by atoms with van der Waals surface area (Å²) < 4.78 is 5.29. The average Bonchev–Trinajstić information content (AvgIpc) is 2.30. The fourth-order valence-corrected chi connectivity index (χ4v) is 1.93. The van der Waals surface area contributed by atoms with Crippen LogP contribution in [0.25, 0.3) is 0 Å². The van der Waals surface area contributed by atoms with Crippen molar-refractivity contribution in [1.82, 2.24) is 4.90 Å². The average molecular weight is 155 g/mol. The normalized spacial score (nSPS) is 37.5. The van der Waals surface area contributed by atoms with E-state index in [9.17, 15) is 4.79 Å². The first kappa shape index (κ1) is 7.10. The molecule has 0 bridgehead atoms. The van der Waals surface area contributed by atoms with E-state index in [-0.39, 0.29) is 5.92 Å². The van der Waals surface area contributed by atoms with Gasteiger partial charge in [-0.15, -0.1) is 0 Å². The summed E-state index contributed by atoms with van der Waals surface area (Å²) in [6.07, 6.45) is 0.985. The topological polar surface area (TPSA) is 29.5 Å². The van der Waals surface area contributed by atoms with Crippen molar-refractivity contribution in [3.63, 3.8) is 0 Å². The first-order valence-electron chi connectivity index (χ1n) is 4.17. The molecule has 2 aliphatic heterocycles. The second kappa shape index (κ2) is 2.48. The Kier molecular flexibility index (Phi) is 1.60. The van der Waals surface area contributed by atoms with E-state index in [1.54, 1.807) is 0 Å². The number of carbonyl (C=O) groups excluding carboxylic acids is 1. The SMILES string of the molecule is CC1C[C@@H]2COCCN2C1=O. The van der Waals surface area contributed by atoms with Crippen LogP contribution in [0, 0.1) is 5.92 Å². The van der Waals surface area contributed by atoms with Crippen molar-refractivity contribution in [3.05, 3.63) is 0 Å². The van der Waals surface area contributed by atoms with Gasteiger partial charge >= 0.3 is 0 Å². The Labute approximate surface area is 66.3 Å². The second-order valence-electron chi connectivity index (χ2n) is 3.40. The molecule has 3 nitrogen and oxygen atoms in total. The van der Waals surface area contributed by atoms with Crippen LogP contribution in [0.2, 0.25) is 0 Å². The Balaban J connectivity index is 2.11. The van der Waals surface area contributed by atoms with Crippen LogP contribution >= 0.6 is 0 Å². The van der Waals surface area contributed by atoms with E-state index in [2.05, 4.69) is 0 Å². The lowest BCUT2D eigenvalue weighted by molar-refractivity contribution is -0.135. The Morgan fingerprint density at radius 3 is 3.18 bits per heavy atom. The molecule has 2 atom stereocenters. The van der Waals surface area contributed by atoms with Gasteiger partial charge < -0.3 is 9.64 Å². The lowest BCUT2D eigenvalue weighted by Crippen LogP contribution is -2.43. The predicted octanol–water partition coefficient (Wildman–Crippen LogP) is 0.254. The maximum Gasteiger partial charge on any atom is 0.225 e. The third-order valence-electron chi connectivity index (χ3n) is 2.56. The number of nitrogens with zero attached hydrogens (tertiary/aromatic N) is 1. The zero-order valence-corrected chi connectivity index (χ0v) is 6.75. The van der Waals surface area contributed by atoms with Crippen molar-refractivity contribution < 1.29 is 9.53 Å². The number of morpholine rings is 1. The lowest BCUT2D eigenvalue weighted by atomic mass is 10.1. The highest BCUT2D eigenvalue weighted by Gasteiger charge is 2.38. The largest absolute Gasteiger partial charge is 0.377 e. The van der Waals surface area contributed by atoms with Crippen molar-refractivity contribution in [2.75, 3.05) is 19.8 Å². The predicted molar refractivity (Wildman–Crippen MR) is 40.1 cm³/mol. The zero-order chi connectivity index (χ0) is 7.84. The molecule has 0 radical (unpaired) electrons. The van der Waals surface area contributed by atoms with Gasteiger partial charge in [0.15, 0.2) is 0 Å². The van der Waals surface area contributed by atoms with Crippen LogP contribution in [-0.4, -0.2) is 36.6 Å². The van der Waals surface area contributed by atoms with Crippen LogP contribution < -0.4 is 0 Å². The molecule has 2 fully saturated rings. The van der Waals surface area contributed by atoms with E-state index in [0.717, 1.165) is 26.2 Å². The van der Waals surface area contributed by atoms with Gasteiger partial charge in [0.2, 0.25) is 5.91 Å². The van der Waals surface area contributed by atoms with E-state index >= 15 is 0 Å². The van der Waals surface area contributed by atoms with Crippen LogP contribution in [0.1, 0.15) is 13.3 Å². The summed E-state index contributed by atoms with van der Waals surface area (Å²) in [5, 5.41) is 0. The molecule has 0 aromatic heterocycles. The molecule has 2 aliphatic rings. The summed E-state index contributed by atoms with van der Waals surface area (Å²) in [5.41, 5.74) is 0. The van der Waals surface area contributed by atoms with E-state index < -0.39 is 0 Å². The Morgan fingerprint density at radius 2 is 2.45 bits per heavy atom. The maximum atomic E-state index is 11.4. The molecule has 0 saturated carbocycles. The molecular weight excluding hydrogens is 142 g/mol. The quantitative estimate of drug-likeness (QED) is 0.502. The molecular formula is C8H13NO2. The number of amides is 1. The van der Waals surface area contributed by atoms with Crippen molar-refractivity contribution >= 4 is 5.91 Å². The summed E-state index contributed by atoms with van der Waals surface area (Å²) in [6, 6.07) is 0.381. The van der Waals surface area contributed by atoms with E-state index in [4.69, 9.17) is 4.74 Å². The van der Waals surface area contributed by atoms with Crippen LogP contribution in [0.5, 0.6) is 0 Å². The first-order chi connectivity index (χ1) is 5.29. The molecule has 2 rings (SSSR count). The van der Waals surface area contributed by atoms with Crippen molar-refractivity contribution in [3.8, 4) is 0 Å². The highest BCUT2D eigenvalue weighted by molar-refractivity contribution is 5.81. The summed E-state index contributed by atoms with van der Waals surface area (Å²) in [4.78, 5) is 13.4. The summed E-state index contributed by atoms with van der Waals surface area (Å²) in [7, 11) is 0. The fourth-order valence-electron chi connectivity index (χ4n) is 1.93. The monoisotopic (exact) mass is 155 g/mol. The molecule has 0 N–H and O–H groups in total. The number of ether oxygens (including phenoxy) is 1. The Bertz CT molecular complexity index is 181. The number of hydrogen-bond donors (Lipinski definition) is 0. The number of hydrogen-bond acceptors (Lipinski definition) is 2. The highest BCUT2D eigenvalue weighted by Crippen LogP contribution is 2.25. The standard InChI is InChI=1S/C8H13NO2/c1-6-4-7-5-11-3-2-9(7)8(6)10/h6-7H,2-5H2,1H3/t6?,7-/m1/s1. The van der Waals surface area contributed by atoms with Crippen LogP contribution in [0.4, 0.5) is 0 Å². The molecule has 0 aromatic rings. The minimum atomic E-state index is 0.224. The van der Waals surface area contributed by atoms with Gasteiger partial charge in [-0.05, 0) is 6.42 Å². The fraction of sp³-hybridized carbons (Fsp3) is 0.875. The minimum Gasteiger partial charge on any atom is -0.377 e. The maximum absolute atomic E-state index is 11.4. The van der Waals surface area contributed by atoms with E-state index in [0.29, 0.717) is 11.9 Å². The van der Waals surface area contributed by atoms with E-state index in [1.807, 2.05) is 11.8 Å². The number of rotatable bonds is 0. The second-order valence-corrected chi connectivity index (χ2v) is 3.40. The van der Waals surface area contributed by atoms with Gasteiger partial charge in [-0.1, -0.05) is 6.92 Å². The van der Waals surface area contributed by atoms with Crippen molar-refractivity contribution in [2.45, 2.75) is 19.4 Å². The highest BCUT2D eigenvalue weighted by atomic mass is 16.5. The smallest absolute Gasteiger partial charge is 0.225 e. The van der Waals surface area contributed by atoms with Crippen molar-refractivity contribution in [1.29, 1.82) is 0 Å². The third-order valence-corrected chi connectivity index (χ3v) is 2.56. The molecule has 0 aromatic carbocycles. The molecule has 2 heterocycles. The number of fused-ring (bicyclic) bond motifs is 1. The van der Waals surface area contributed by atoms with Gasteiger partial charge in [-0.3, -0.25) is 4.79 Å². The molecule has 11 heavy (non-hydrogen) atoms. The number of carbonyl (C=O) groups is 1. The molecule has 1 unspecified atom stereocenters. The molecule has 2 saturated heterocycles. The summed E-state index contributed by atoms with van der Waals surface area (Å²) >= 11 is 0. The molecule has 0 aliphatic carbocycles. The Morgan fingerprint density at radius 1 is 1.64 bits per heavy atom. The van der Waals surface area contributed by atoms with Crippen LogP contribution in [0.3, 0.4) is 0 Å². The van der Waals surface area contributed by atoms with Crippen LogP contribution in [-0.2, 0) is 9.53 Å². The van der Waals surface area contributed by atoms with Gasteiger partial charge in [-0.2, -0.15) is 0 Å². The zero-order valence-electron chi connectivity index (χ0n) is 6.75.